The summed E-state index contributed by atoms with van der Waals surface area (Å²) in [6.07, 6.45) is 8.10. The van der Waals surface area contributed by atoms with Crippen molar-refractivity contribution in [3.63, 3.8) is 0 Å². The van der Waals surface area contributed by atoms with E-state index in [0.29, 0.717) is 41.3 Å². The van der Waals surface area contributed by atoms with Crippen LogP contribution < -0.4 is 16.4 Å². The molecular formula is C25H25F2N11. The van der Waals surface area contributed by atoms with Gasteiger partial charge in [0, 0.05) is 25.7 Å². The molecule has 6 rings (SSSR count). The van der Waals surface area contributed by atoms with Crippen molar-refractivity contribution in [2.75, 3.05) is 23.7 Å². The van der Waals surface area contributed by atoms with Gasteiger partial charge in [0.05, 0.1) is 42.2 Å². The second-order valence-electron chi connectivity index (χ2n) is 9.53. The number of aryl methyl sites for hydroxylation is 1. The molecule has 0 bridgehead atoms. The van der Waals surface area contributed by atoms with Crippen LogP contribution in [0.5, 0.6) is 0 Å². The van der Waals surface area contributed by atoms with E-state index in [0.717, 1.165) is 48.5 Å². The van der Waals surface area contributed by atoms with Crippen LogP contribution in [0.1, 0.15) is 24.1 Å². The molecule has 1 saturated heterocycles. The average Bonchev–Trinajstić information content (AvgIpc) is 3.53. The van der Waals surface area contributed by atoms with Crippen LogP contribution in [0.25, 0.3) is 22.4 Å². The molecule has 0 amide bonds. The van der Waals surface area contributed by atoms with Gasteiger partial charge in [-0.1, -0.05) is 0 Å². The third kappa shape index (κ3) is 4.20. The normalized spacial score (nSPS) is 17.8. The summed E-state index contributed by atoms with van der Waals surface area (Å²) in [5, 5.41) is 8.66. The number of nitrogens with two attached hydrogens (primary N) is 2. The Hall–Kier alpha value is -4.52. The summed E-state index contributed by atoms with van der Waals surface area (Å²) in [4.78, 5) is 21.0. The lowest BCUT2D eigenvalue weighted by Gasteiger charge is -2.41. The standard InChI is InChI=1S/C25H25F2N11/c1-36-34-10-21(35-36)25(29)5-2-6-37(12-25)20-9-30-19(15-3-4-17(26)18(27)7-15)8-16(20)11-38-14-33-22-23(28)31-13-32-24(22)38/h3-4,7-10,13-14H,2,5-6,11-12,29H2,1H3,(H2,28,31,32)/t25-/m1/s1. The summed E-state index contributed by atoms with van der Waals surface area (Å²) in [7, 11) is 1.76. The van der Waals surface area contributed by atoms with E-state index in [1.165, 1.54) is 17.2 Å². The zero-order chi connectivity index (χ0) is 26.4. The minimum absolute atomic E-state index is 0.291. The Labute approximate surface area is 216 Å². The zero-order valence-corrected chi connectivity index (χ0v) is 20.6. The maximum atomic E-state index is 14.0. The van der Waals surface area contributed by atoms with E-state index in [4.69, 9.17) is 11.5 Å². The lowest BCUT2D eigenvalue weighted by molar-refractivity contribution is 0.342. The molecule has 1 aromatic carbocycles. The molecule has 1 atom stereocenters. The fourth-order valence-electron chi connectivity index (χ4n) is 4.99. The van der Waals surface area contributed by atoms with Crippen LogP contribution in [0, 0.1) is 11.6 Å². The molecule has 194 valence electrons. The monoisotopic (exact) mass is 517 g/mol. The van der Waals surface area contributed by atoms with Crippen molar-refractivity contribution in [3.8, 4) is 11.3 Å². The van der Waals surface area contributed by atoms with Crippen molar-refractivity contribution in [1.82, 2.24) is 39.5 Å². The molecule has 13 heteroatoms. The maximum absolute atomic E-state index is 14.0. The first-order chi connectivity index (χ1) is 18.3. The van der Waals surface area contributed by atoms with Gasteiger partial charge in [-0.15, -0.1) is 0 Å². The van der Waals surface area contributed by atoms with Crippen LogP contribution >= 0.6 is 0 Å². The quantitative estimate of drug-likeness (QED) is 0.359. The Morgan fingerprint density at radius 3 is 2.71 bits per heavy atom. The van der Waals surface area contributed by atoms with Crippen molar-refractivity contribution in [1.29, 1.82) is 0 Å². The third-order valence-corrected chi connectivity index (χ3v) is 6.93. The Balaban J connectivity index is 1.42. The van der Waals surface area contributed by atoms with E-state index in [2.05, 4.69) is 35.0 Å². The summed E-state index contributed by atoms with van der Waals surface area (Å²) >= 11 is 0. The molecule has 38 heavy (non-hydrogen) atoms. The second-order valence-corrected chi connectivity index (χ2v) is 9.53. The molecule has 1 fully saturated rings. The number of aromatic nitrogens is 8. The average molecular weight is 518 g/mol. The smallest absolute Gasteiger partial charge is 0.165 e. The van der Waals surface area contributed by atoms with E-state index in [9.17, 15) is 8.78 Å². The molecule has 0 saturated carbocycles. The minimum atomic E-state index is -0.935. The Kier molecular flexibility index (Phi) is 5.71. The highest BCUT2D eigenvalue weighted by atomic mass is 19.2. The fourth-order valence-corrected chi connectivity index (χ4v) is 4.99. The molecule has 5 heterocycles. The van der Waals surface area contributed by atoms with Crippen molar-refractivity contribution in [3.05, 3.63) is 72.2 Å². The molecule has 0 spiro atoms. The predicted molar refractivity (Wildman–Crippen MR) is 137 cm³/mol. The molecule has 0 radical (unpaired) electrons. The molecule has 5 aromatic rings. The van der Waals surface area contributed by atoms with Crippen molar-refractivity contribution >= 4 is 22.7 Å². The summed E-state index contributed by atoms with van der Waals surface area (Å²) in [6, 6.07) is 5.61. The SMILES string of the molecule is Cn1ncc([C@@]2(N)CCCN(c3cnc(-c4ccc(F)c(F)c4)cc3Cn3cnc4c(N)ncnc43)C2)n1. The van der Waals surface area contributed by atoms with Gasteiger partial charge in [0.1, 0.15) is 17.5 Å². The number of nitrogen functional groups attached to an aromatic ring is 1. The van der Waals surface area contributed by atoms with Crippen LogP contribution in [-0.2, 0) is 19.1 Å². The van der Waals surface area contributed by atoms with Crippen molar-refractivity contribution in [2.45, 2.75) is 24.9 Å². The first-order valence-electron chi connectivity index (χ1n) is 12.1. The largest absolute Gasteiger partial charge is 0.382 e. The van der Waals surface area contributed by atoms with Crippen LogP contribution in [0.15, 0.2) is 49.3 Å². The highest BCUT2D eigenvalue weighted by Gasteiger charge is 2.36. The highest BCUT2D eigenvalue weighted by Crippen LogP contribution is 2.34. The van der Waals surface area contributed by atoms with Gasteiger partial charge in [-0.3, -0.25) is 4.98 Å². The molecule has 4 aromatic heterocycles. The minimum Gasteiger partial charge on any atom is -0.382 e. The Morgan fingerprint density at radius 1 is 1.05 bits per heavy atom. The van der Waals surface area contributed by atoms with E-state index < -0.39 is 17.2 Å². The summed E-state index contributed by atoms with van der Waals surface area (Å²) in [5.74, 6) is -1.56. The van der Waals surface area contributed by atoms with E-state index in [-0.39, 0.29) is 0 Å². The molecule has 4 N–H and O–H groups in total. The number of hydrogen-bond donors (Lipinski definition) is 2. The van der Waals surface area contributed by atoms with Crippen LogP contribution in [0.3, 0.4) is 0 Å². The van der Waals surface area contributed by atoms with Gasteiger partial charge in [0.15, 0.2) is 23.1 Å². The van der Waals surface area contributed by atoms with Crippen LogP contribution in [-0.4, -0.2) is 52.6 Å². The number of rotatable bonds is 5. The molecule has 1 aliphatic heterocycles. The van der Waals surface area contributed by atoms with Gasteiger partial charge in [-0.25, -0.2) is 23.7 Å². The Morgan fingerprint density at radius 2 is 1.92 bits per heavy atom. The predicted octanol–water partition coefficient (Wildman–Crippen LogP) is 2.38. The number of piperidine rings is 1. The summed E-state index contributed by atoms with van der Waals surface area (Å²) in [6.45, 7) is 1.64. The summed E-state index contributed by atoms with van der Waals surface area (Å²) < 4.78 is 29.5. The first-order valence-corrected chi connectivity index (χ1v) is 12.1. The van der Waals surface area contributed by atoms with E-state index >= 15 is 0 Å². The lowest BCUT2D eigenvalue weighted by Crippen LogP contribution is -2.52. The molecular weight excluding hydrogens is 492 g/mol. The molecule has 1 aliphatic rings. The van der Waals surface area contributed by atoms with Gasteiger partial charge < -0.3 is 20.9 Å². The van der Waals surface area contributed by atoms with Crippen LogP contribution in [0.4, 0.5) is 20.3 Å². The number of anilines is 2. The van der Waals surface area contributed by atoms with Gasteiger partial charge in [0.25, 0.3) is 0 Å². The summed E-state index contributed by atoms with van der Waals surface area (Å²) in [5.41, 5.74) is 16.7. The number of halogens is 2. The molecule has 0 aliphatic carbocycles. The molecule has 0 unspecified atom stereocenters. The topological polar surface area (TPSA) is 142 Å². The van der Waals surface area contributed by atoms with E-state index in [1.54, 1.807) is 25.8 Å². The fraction of sp³-hybridized carbons (Fsp3) is 0.280. The number of benzene rings is 1. The van der Waals surface area contributed by atoms with Crippen molar-refractivity contribution < 1.29 is 8.78 Å². The van der Waals surface area contributed by atoms with Gasteiger partial charge in [0.2, 0.25) is 0 Å². The van der Waals surface area contributed by atoms with E-state index in [1.807, 2.05) is 10.6 Å². The second kappa shape index (κ2) is 9.10. The van der Waals surface area contributed by atoms with Gasteiger partial charge in [-0.05, 0) is 42.7 Å². The van der Waals surface area contributed by atoms with Gasteiger partial charge in [-0.2, -0.15) is 15.0 Å². The van der Waals surface area contributed by atoms with Crippen LogP contribution in [0.2, 0.25) is 0 Å². The zero-order valence-electron chi connectivity index (χ0n) is 20.6. The number of nitrogens with zero attached hydrogens (tertiary/aromatic N) is 9. The first kappa shape index (κ1) is 23.9. The number of hydrogen-bond acceptors (Lipinski definition) is 9. The highest BCUT2D eigenvalue weighted by molar-refractivity contribution is 5.81. The third-order valence-electron chi connectivity index (χ3n) is 6.93. The lowest BCUT2D eigenvalue weighted by atomic mass is 9.87. The maximum Gasteiger partial charge on any atom is 0.165 e. The number of pyridine rings is 1. The molecule has 11 nitrogen and oxygen atoms in total. The Bertz CT molecular complexity index is 1650. The number of imidazole rings is 1. The van der Waals surface area contributed by atoms with Gasteiger partial charge >= 0.3 is 0 Å². The van der Waals surface area contributed by atoms with Crippen molar-refractivity contribution in [2.24, 2.45) is 12.8 Å². The number of fused-ring (bicyclic) bond motifs is 1.